The van der Waals surface area contributed by atoms with Gasteiger partial charge in [0, 0.05) is 5.69 Å². The van der Waals surface area contributed by atoms with E-state index in [1.807, 2.05) is 12.1 Å². The number of nitrogens with one attached hydrogen (secondary N) is 1. The number of nitriles is 2. The van der Waals surface area contributed by atoms with Crippen LogP contribution in [0.2, 0.25) is 5.02 Å². The Hall–Kier alpha value is -2.76. The third kappa shape index (κ3) is 2.74. The Kier molecular flexibility index (Phi) is 3.51. The van der Waals surface area contributed by atoms with E-state index in [1.54, 1.807) is 24.3 Å². The van der Waals surface area contributed by atoms with Gasteiger partial charge >= 0.3 is 0 Å². The van der Waals surface area contributed by atoms with Crippen LogP contribution in [0.3, 0.4) is 0 Å². The number of hydrogen-bond donors (Lipinski definition) is 2. The quantitative estimate of drug-likeness (QED) is 0.873. The number of benzene rings is 1. The highest BCUT2D eigenvalue weighted by molar-refractivity contribution is 6.33. The van der Waals surface area contributed by atoms with E-state index in [2.05, 4.69) is 10.3 Å². The number of pyridine rings is 1. The Labute approximate surface area is 114 Å². The third-order valence-electron chi connectivity index (χ3n) is 2.39. The van der Waals surface area contributed by atoms with E-state index < -0.39 is 0 Å². The zero-order chi connectivity index (χ0) is 13.8. The van der Waals surface area contributed by atoms with Crippen LogP contribution >= 0.6 is 11.6 Å². The highest BCUT2D eigenvalue weighted by atomic mass is 35.5. The molecule has 0 amide bonds. The van der Waals surface area contributed by atoms with E-state index in [4.69, 9.17) is 27.9 Å². The van der Waals surface area contributed by atoms with E-state index in [-0.39, 0.29) is 0 Å². The standard InChI is InChI=1S/C13H8ClN5/c14-12-4-10(17)7-18-13(12)19-11-2-1-8(5-15)9(3-11)6-16/h1-4,7H,17H2,(H,18,19). The molecule has 92 valence electrons. The van der Waals surface area contributed by atoms with Crippen molar-refractivity contribution in [2.45, 2.75) is 0 Å². The largest absolute Gasteiger partial charge is 0.397 e. The maximum Gasteiger partial charge on any atom is 0.149 e. The van der Waals surface area contributed by atoms with Gasteiger partial charge in [0.15, 0.2) is 0 Å². The van der Waals surface area contributed by atoms with Crippen LogP contribution in [0.4, 0.5) is 17.2 Å². The van der Waals surface area contributed by atoms with Crippen LogP contribution < -0.4 is 11.1 Å². The summed E-state index contributed by atoms with van der Waals surface area (Å²) in [5, 5.41) is 21.1. The fraction of sp³-hybridized carbons (Fsp3) is 0. The molecular weight excluding hydrogens is 262 g/mol. The van der Waals surface area contributed by atoms with E-state index in [9.17, 15) is 0 Å². The molecule has 0 unspecified atom stereocenters. The fourth-order valence-corrected chi connectivity index (χ4v) is 1.72. The number of halogens is 1. The zero-order valence-corrected chi connectivity index (χ0v) is 10.4. The first-order valence-electron chi connectivity index (χ1n) is 5.26. The molecule has 0 aliphatic rings. The molecule has 1 aromatic carbocycles. The molecule has 1 heterocycles. The summed E-state index contributed by atoms with van der Waals surface area (Å²) in [5.74, 6) is 0.435. The minimum atomic E-state index is 0.291. The lowest BCUT2D eigenvalue weighted by molar-refractivity contribution is 1.31. The Morgan fingerprint density at radius 1 is 1.16 bits per heavy atom. The number of rotatable bonds is 2. The van der Waals surface area contributed by atoms with Crippen LogP contribution in [0.5, 0.6) is 0 Å². The summed E-state index contributed by atoms with van der Waals surface area (Å²) in [5.41, 5.74) is 7.25. The lowest BCUT2D eigenvalue weighted by atomic mass is 10.1. The monoisotopic (exact) mass is 269 g/mol. The summed E-state index contributed by atoms with van der Waals surface area (Å²) < 4.78 is 0. The van der Waals surface area contributed by atoms with E-state index >= 15 is 0 Å². The topological polar surface area (TPSA) is 98.5 Å². The van der Waals surface area contributed by atoms with Gasteiger partial charge in [-0.05, 0) is 24.3 Å². The maximum atomic E-state index is 8.94. The molecule has 19 heavy (non-hydrogen) atoms. The summed E-state index contributed by atoms with van der Waals surface area (Å²) in [4.78, 5) is 4.06. The first-order valence-corrected chi connectivity index (χ1v) is 5.64. The van der Waals surface area contributed by atoms with Gasteiger partial charge in [-0.1, -0.05) is 11.6 Å². The summed E-state index contributed by atoms with van der Waals surface area (Å²) in [6.45, 7) is 0. The number of aromatic nitrogens is 1. The van der Waals surface area contributed by atoms with E-state index in [1.165, 1.54) is 6.20 Å². The summed E-state index contributed by atoms with van der Waals surface area (Å²) in [6.07, 6.45) is 1.48. The molecule has 1 aromatic heterocycles. The summed E-state index contributed by atoms with van der Waals surface area (Å²) >= 11 is 5.99. The molecule has 0 aliphatic heterocycles. The normalized spacial score (nSPS) is 9.42. The van der Waals surface area contributed by atoms with Crippen LogP contribution in [0.15, 0.2) is 30.5 Å². The van der Waals surface area contributed by atoms with Crippen LogP contribution in [-0.2, 0) is 0 Å². The van der Waals surface area contributed by atoms with E-state index in [0.29, 0.717) is 33.3 Å². The Bertz CT molecular complexity index is 712. The van der Waals surface area contributed by atoms with Gasteiger partial charge in [-0.2, -0.15) is 10.5 Å². The Balaban J connectivity index is 2.34. The van der Waals surface area contributed by atoms with Crippen LogP contribution in [0.25, 0.3) is 0 Å². The van der Waals surface area contributed by atoms with Gasteiger partial charge in [-0.15, -0.1) is 0 Å². The first-order chi connectivity index (χ1) is 9.13. The molecule has 2 aromatic rings. The van der Waals surface area contributed by atoms with Crippen molar-refractivity contribution in [2.75, 3.05) is 11.1 Å². The van der Waals surface area contributed by atoms with Gasteiger partial charge in [0.25, 0.3) is 0 Å². The van der Waals surface area contributed by atoms with Gasteiger partial charge < -0.3 is 11.1 Å². The molecule has 0 fully saturated rings. The van der Waals surface area contributed by atoms with Crippen LogP contribution in [0.1, 0.15) is 11.1 Å². The number of nitrogens with two attached hydrogens (primary N) is 1. The lowest BCUT2D eigenvalue weighted by Crippen LogP contribution is -1.97. The molecule has 2 rings (SSSR count). The summed E-state index contributed by atoms with van der Waals surface area (Å²) in [7, 11) is 0. The molecule has 0 saturated heterocycles. The second kappa shape index (κ2) is 5.26. The van der Waals surface area contributed by atoms with Gasteiger partial charge in [0.1, 0.15) is 18.0 Å². The van der Waals surface area contributed by atoms with Crippen molar-refractivity contribution in [2.24, 2.45) is 0 Å². The van der Waals surface area contributed by atoms with Crippen molar-refractivity contribution in [1.29, 1.82) is 10.5 Å². The average Bonchev–Trinajstić information content (AvgIpc) is 2.41. The fourth-order valence-electron chi connectivity index (χ4n) is 1.49. The molecule has 0 spiro atoms. The third-order valence-corrected chi connectivity index (χ3v) is 2.67. The maximum absolute atomic E-state index is 8.94. The molecule has 0 atom stereocenters. The highest BCUT2D eigenvalue weighted by Crippen LogP contribution is 2.25. The van der Waals surface area contributed by atoms with Gasteiger partial charge in [-0.3, -0.25) is 0 Å². The van der Waals surface area contributed by atoms with Crippen LogP contribution in [-0.4, -0.2) is 4.98 Å². The second-order valence-electron chi connectivity index (χ2n) is 3.71. The van der Waals surface area contributed by atoms with Gasteiger partial charge in [-0.25, -0.2) is 4.98 Å². The molecule has 0 aliphatic carbocycles. The number of anilines is 3. The predicted molar refractivity (Wildman–Crippen MR) is 72.8 cm³/mol. The minimum absolute atomic E-state index is 0.291. The SMILES string of the molecule is N#Cc1ccc(Nc2ncc(N)cc2Cl)cc1C#N. The van der Waals surface area contributed by atoms with Gasteiger partial charge in [0.2, 0.25) is 0 Å². The molecule has 0 saturated carbocycles. The zero-order valence-electron chi connectivity index (χ0n) is 9.68. The molecule has 0 bridgehead atoms. The number of nitrogens with zero attached hydrogens (tertiary/aromatic N) is 3. The molecule has 0 radical (unpaired) electrons. The lowest BCUT2D eigenvalue weighted by Gasteiger charge is -2.08. The first kappa shape index (κ1) is 12.7. The van der Waals surface area contributed by atoms with Crippen molar-refractivity contribution in [3.63, 3.8) is 0 Å². The molecule has 6 heteroatoms. The Morgan fingerprint density at radius 3 is 2.53 bits per heavy atom. The van der Waals surface area contributed by atoms with Crippen molar-refractivity contribution in [3.8, 4) is 12.1 Å². The van der Waals surface area contributed by atoms with Crippen molar-refractivity contribution in [1.82, 2.24) is 4.98 Å². The Morgan fingerprint density at radius 2 is 1.89 bits per heavy atom. The molecular formula is C13H8ClN5. The predicted octanol–water partition coefficient (Wildman–Crippen LogP) is 2.80. The average molecular weight is 270 g/mol. The van der Waals surface area contributed by atoms with Gasteiger partial charge in [0.05, 0.1) is 28.0 Å². The van der Waals surface area contributed by atoms with Crippen LogP contribution in [0, 0.1) is 22.7 Å². The van der Waals surface area contributed by atoms with Crippen molar-refractivity contribution >= 4 is 28.8 Å². The minimum Gasteiger partial charge on any atom is -0.397 e. The van der Waals surface area contributed by atoms with E-state index in [0.717, 1.165) is 0 Å². The van der Waals surface area contributed by atoms with Crippen molar-refractivity contribution in [3.05, 3.63) is 46.6 Å². The number of nitrogen functional groups attached to an aromatic ring is 1. The molecule has 3 N–H and O–H groups in total. The molecule has 5 nitrogen and oxygen atoms in total. The smallest absolute Gasteiger partial charge is 0.149 e. The summed E-state index contributed by atoms with van der Waals surface area (Å²) in [6, 6.07) is 10.3. The number of hydrogen-bond acceptors (Lipinski definition) is 5. The second-order valence-corrected chi connectivity index (χ2v) is 4.12. The highest BCUT2D eigenvalue weighted by Gasteiger charge is 2.06. The van der Waals surface area contributed by atoms with Crippen molar-refractivity contribution < 1.29 is 0 Å².